The number of ketones is 1. The van der Waals surface area contributed by atoms with Crippen molar-refractivity contribution in [2.75, 3.05) is 11.4 Å². The maximum atomic E-state index is 13.1. The van der Waals surface area contributed by atoms with Crippen molar-refractivity contribution in [2.45, 2.75) is 6.92 Å². The van der Waals surface area contributed by atoms with Gasteiger partial charge < -0.3 is 0 Å². The number of benzene rings is 1. The summed E-state index contributed by atoms with van der Waals surface area (Å²) in [6.45, 7) is 1.56. The predicted molar refractivity (Wildman–Crippen MR) is 56.5 cm³/mol. The zero-order valence-electron chi connectivity index (χ0n) is 8.88. The molecule has 1 amide bonds. The Morgan fingerprint density at radius 3 is 2.53 bits per heavy atom. The summed E-state index contributed by atoms with van der Waals surface area (Å²) >= 11 is 0. The van der Waals surface area contributed by atoms with Crippen LogP contribution in [-0.2, 0) is 4.79 Å². The molecule has 5 heteroatoms. The van der Waals surface area contributed by atoms with E-state index in [4.69, 9.17) is 0 Å². The number of fused-ring (bicyclic) bond motifs is 1. The molecular weight excluding hydrogens is 228 g/mol. The molecule has 1 aromatic rings. The summed E-state index contributed by atoms with van der Waals surface area (Å²) in [4.78, 5) is 24.1. The fourth-order valence-corrected chi connectivity index (χ4v) is 1.60. The van der Waals surface area contributed by atoms with Gasteiger partial charge in [-0.15, -0.1) is 5.92 Å². The normalized spacial score (nSPS) is 13.5. The summed E-state index contributed by atoms with van der Waals surface area (Å²) in [5, 5.41) is 0. The summed E-state index contributed by atoms with van der Waals surface area (Å²) in [5.41, 5.74) is -0.0477. The van der Waals surface area contributed by atoms with Crippen molar-refractivity contribution < 1.29 is 18.4 Å². The van der Waals surface area contributed by atoms with E-state index < -0.39 is 23.3 Å². The predicted octanol–water partition coefficient (Wildman–Crippen LogP) is 1.52. The van der Waals surface area contributed by atoms with Gasteiger partial charge in [-0.25, -0.2) is 8.78 Å². The van der Waals surface area contributed by atoms with Gasteiger partial charge in [-0.1, -0.05) is 5.92 Å². The largest absolute Gasteiger partial charge is 0.300 e. The molecule has 0 spiro atoms. The maximum absolute atomic E-state index is 13.1. The summed E-state index contributed by atoms with van der Waals surface area (Å²) in [6, 6.07) is 1.58. The van der Waals surface area contributed by atoms with Crippen LogP contribution in [0.2, 0.25) is 0 Å². The van der Waals surface area contributed by atoms with Gasteiger partial charge in [0.2, 0.25) is 0 Å². The number of carbonyl (C=O) groups excluding carboxylic acids is 2. The molecule has 0 radical (unpaired) electrons. The van der Waals surface area contributed by atoms with Crippen LogP contribution in [0.4, 0.5) is 14.5 Å². The standard InChI is InChI=1S/C12H7F2NO2/c1-2-3-4-15-10-6-9(14)8(13)5-7(10)11(16)12(15)17/h5-6H,4H2,1H3. The lowest BCUT2D eigenvalue weighted by Crippen LogP contribution is -2.29. The van der Waals surface area contributed by atoms with Gasteiger partial charge in [0.05, 0.1) is 17.8 Å². The number of nitrogens with zero attached hydrogens (tertiary/aromatic N) is 1. The van der Waals surface area contributed by atoms with Gasteiger partial charge in [-0.3, -0.25) is 14.5 Å². The van der Waals surface area contributed by atoms with Crippen molar-refractivity contribution in [1.29, 1.82) is 0 Å². The first-order valence-electron chi connectivity index (χ1n) is 4.81. The molecule has 1 aliphatic rings. The second-order valence-electron chi connectivity index (χ2n) is 3.43. The minimum absolute atomic E-state index is 0.0147. The van der Waals surface area contributed by atoms with Gasteiger partial charge in [-0.2, -0.15) is 0 Å². The van der Waals surface area contributed by atoms with E-state index in [1.54, 1.807) is 6.92 Å². The molecule has 2 rings (SSSR count). The average Bonchev–Trinajstić information content (AvgIpc) is 2.52. The van der Waals surface area contributed by atoms with Gasteiger partial charge >= 0.3 is 0 Å². The number of rotatable bonds is 1. The van der Waals surface area contributed by atoms with Crippen LogP contribution in [-0.4, -0.2) is 18.2 Å². The zero-order chi connectivity index (χ0) is 12.6. The molecule has 0 N–H and O–H groups in total. The highest BCUT2D eigenvalue weighted by Gasteiger charge is 2.36. The van der Waals surface area contributed by atoms with Crippen molar-refractivity contribution in [3.8, 4) is 11.8 Å². The third-order valence-corrected chi connectivity index (χ3v) is 2.43. The van der Waals surface area contributed by atoms with Crippen LogP contribution in [0.3, 0.4) is 0 Å². The molecule has 17 heavy (non-hydrogen) atoms. The highest BCUT2D eigenvalue weighted by molar-refractivity contribution is 6.52. The Hall–Kier alpha value is -2.22. The molecule has 0 aromatic heterocycles. The molecule has 0 bridgehead atoms. The fraction of sp³-hybridized carbons (Fsp3) is 0.167. The second-order valence-corrected chi connectivity index (χ2v) is 3.43. The summed E-state index contributed by atoms with van der Waals surface area (Å²) < 4.78 is 26.0. The highest BCUT2D eigenvalue weighted by Crippen LogP contribution is 2.30. The van der Waals surface area contributed by atoms with Gasteiger partial charge in [0.15, 0.2) is 11.6 Å². The number of Topliss-reactive ketones (excluding diaryl/α,β-unsaturated/α-hetero) is 1. The molecule has 1 aromatic carbocycles. The SMILES string of the molecule is CC#CCN1C(=O)C(=O)c2cc(F)c(F)cc21. The van der Waals surface area contributed by atoms with E-state index >= 15 is 0 Å². The Kier molecular flexibility index (Phi) is 2.64. The molecule has 0 atom stereocenters. The van der Waals surface area contributed by atoms with E-state index in [0.29, 0.717) is 0 Å². The van der Waals surface area contributed by atoms with Crippen molar-refractivity contribution in [3.63, 3.8) is 0 Å². The number of carbonyl (C=O) groups is 2. The number of anilines is 1. The van der Waals surface area contributed by atoms with Crippen molar-refractivity contribution in [2.24, 2.45) is 0 Å². The summed E-state index contributed by atoms with van der Waals surface area (Å²) in [7, 11) is 0. The zero-order valence-corrected chi connectivity index (χ0v) is 8.88. The van der Waals surface area contributed by atoms with Crippen LogP contribution in [0.15, 0.2) is 12.1 Å². The molecule has 0 saturated heterocycles. The van der Waals surface area contributed by atoms with E-state index in [0.717, 1.165) is 17.0 Å². The molecule has 0 saturated carbocycles. The molecule has 86 valence electrons. The van der Waals surface area contributed by atoms with Crippen molar-refractivity contribution in [3.05, 3.63) is 29.3 Å². The van der Waals surface area contributed by atoms with Crippen LogP contribution in [0.25, 0.3) is 0 Å². The molecule has 1 heterocycles. The first kappa shape index (κ1) is 11.3. The smallest absolute Gasteiger partial charge is 0.293 e. The second kappa shape index (κ2) is 3.98. The van der Waals surface area contributed by atoms with Crippen LogP contribution >= 0.6 is 0 Å². The first-order valence-corrected chi connectivity index (χ1v) is 4.81. The van der Waals surface area contributed by atoms with Crippen molar-refractivity contribution >= 4 is 17.4 Å². The number of hydrogen-bond acceptors (Lipinski definition) is 2. The molecule has 0 aliphatic carbocycles. The molecule has 3 nitrogen and oxygen atoms in total. The topological polar surface area (TPSA) is 37.4 Å². The molecular formula is C12H7F2NO2. The van der Waals surface area contributed by atoms with Crippen LogP contribution in [0.1, 0.15) is 17.3 Å². The lowest BCUT2D eigenvalue weighted by Gasteiger charge is -2.12. The van der Waals surface area contributed by atoms with Crippen LogP contribution < -0.4 is 4.90 Å². The monoisotopic (exact) mass is 235 g/mol. The van der Waals surface area contributed by atoms with E-state index in [1.807, 2.05) is 0 Å². The first-order chi connectivity index (χ1) is 8.06. The number of hydrogen-bond donors (Lipinski definition) is 0. The average molecular weight is 235 g/mol. The van der Waals surface area contributed by atoms with Crippen LogP contribution in [0, 0.1) is 23.5 Å². The van der Waals surface area contributed by atoms with E-state index in [9.17, 15) is 18.4 Å². The Bertz CT molecular complexity index is 584. The Morgan fingerprint density at radius 2 is 1.88 bits per heavy atom. The molecule has 0 fully saturated rings. The highest BCUT2D eigenvalue weighted by atomic mass is 19.2. The summed E-state index contributed by atoms with van der Waals surface area (Å²) in [6.07, 6.45) is 0. The Balaban J connectivity index is 2.54. The lowest BCUT2D eigenvalue weighted by atomic mass is 10.1. The quantitative estimate of drug-likeness (QED) is 0.546. The van der Waals surface area contributed by atoms with Gasteiger partial charge in [-0.05, 0) is 13.0 Å². The Labute approximate surface area is 96.0 Å². The third-order valence-electron chi connectivity index (χ3n) is 2.43. The van der Waals surface area contributed by atoms with Gasteiger partial charge in [0, 0.05) is 6.07 Å². The number of halogens is 2. The van der Waals surface area contributed by atoms with E-state index in [1.165, 1.54) is 0 Å². The molecule has 0 unspecified atom stereocenters. The molecule has 1 aliphatic heterocycles. The van der Waals surface area contributed by atoms with E-state index in [-0.39, 0.29) is 17.8 Å². The third kappa shape index (κ3) is 1.68. The minimum atomic E-state index is -1.15. The lowest BCUT2D eigenvalue weighted by molar-refractivity contribution is -0.114. The van der Waals surface area contributed by atoms with Crippen molar-refractivity contribution in [1.82, 2.24) is 0 Å². The maximum Gasteiger partial charge on any atom is 0.300 e. The van der Waals surface area contributed by atoms with E-state index in [2.05, 4.69) is 11.8 Å². The fourth-order valence-electron chi connectivity index (χ4n) is 1.60. The summed E-state index contributed by atoms with van der Waals surface area (Å²) in [5.74, 6) is 1.28. The van der Waals surface area contributed by atoms with Gasteiger partial charge in [0.25, 0.3) is 11.7 Å². The van der Waals surface area contributed by atoms with Crippen LogP contribution in [0.5, 0.6) is 0 Å². The number of amides is 1. The minimum Gasteiger partial charge on any atom is -0.293 e. The Morgan fingerprint density at radius 1 is 1.24 bits per heavy atom. The van der Waals surface area contributed by atoms with Gasteiger partial charge in [0.1, 0.15) is 0 Å².